The maximum atomic E-state index is 14.2. The number of carbonyl (C=O) groups excluding carboxylic acids is 3. The van der Waals surface area contributed by atoms with E-state index in [9.17, 15) is 18.8 Å². The van der Waals surface area contributed by atoms with E-state index < -0.39 is 23.7 Å². The maximum absolute atomic E-state index is 14.2. The molecule has 8 heteroatoms. The lowest BCUT2D eigenvalue weighted by Gasteiger charge is -2.13. The third kappa shape index (κ3) is 4.27. The Morgan fingerprint density at radius 1 is 1.24 bits per heavy atom. The molecule has 0 spiro atoms. The zero-order valence-corrected chi connectivity index (χ0v) is 17.4. The molecule has 1 aliphatic heterocycles. The highest BCUT2D eigenvalue weighted by atomic mass is 32.2. The molecule has 0 aliphatic carbocycles. The highest BCUT2D eigenvalue weighted by molar-refractivity contribution is 8.18. The number of amides is 2. The van der Waals surface area contributed by atoms with Crippen molar-refractivity contribution in [1.82, 2.24) is 9.47 Å². The summed E-state index contributed by atoms with van der Waals surface area (Å²) >= 11 is 0.768. The van der Waals surface area contributed by atoms with E-state index in [1.54, 1.807) is 42.7 Å². The Morgan fingerprint density at radius 3 is 2.59 bits per heavy atom. The third-order valence-corrected chi connectivity index (χ3v) is 5.29. The van der Waals surface area contributed by atoms with Crippen LogP contribution in [0.4, 0.5) is 9.18 Å². The molecule has 2 amide bonds. The van der Waals surface area contributed by atoms with Gasteiger partial charge in [-0.1, -0.05) is 12.1 Å². The fourth-order valence-electron chi connectivity index (χ4n) is 3.14. The summed E-state index contributed by atoms with van der Waals surface area (Å²) in [6.07, 6.45) is 1.26. The van der Waals surface area contributed by atoms with Gasteiger partial charge in [0.15, 0.2) is 0 Å². The molecule has 0 N–H and O–H groups in total. The van der Waals surface area contributed by atoms with Gasteiger partial charge in [-0.2, -0.15) is 0 Å². The SMILES string of the molecule is Cc1cc(/C=C2/SC(=O)N(CC(=O)OC(C)C)C2=O)c(C)n1-c1ccccc1F. The van der Waals surface area contributed by atoms with Crippen LogP contribution in [0.5, 0.6) is 0 Å². The van der Waals surface area contributed by atoms with Gasteiger partial charge in [0, 0.05) is 11.4 Å². The lowest BCUT2D eigenvalue weighted by atomic mass is 10.2. The molecular weight excluding hydrogens is 395 g/mol. The molecule has 3 rings (SSSR count). The van der Waals surface area contributed by atoms with Gasteiger partial charge in [0.05, 0.1) is 16.7 Å². The summed E-state index contributed by atoms with van der Waals surface area (Å²) in [7, 11) is 0. The van der Waals surface area contributed by atoms with Crippen molar-refractivity contribution in [2.24, 2.45) is 0 Å². The number of aromatic nitrogens is 1. The van der Waals surface area contributed by atoms with Gasteiger partial charge in [0.2, 0.25) is 0 Å². The summed E-state index contributed by atoms with van der Waals surface area (Å²) in [4.78, 5) is 37.7. The Hall–Kier alpha value is -2.87. The quantitative estimate of drug-likeness (QED) is 0.539. The zero-order valence-electron chi connectivity index (χ0n) is 16.6. The highest BCUT2D eigenvalue weighted by Gasteiger charge is 2.37. The minimum atomic E-state index is -0.638. The van der Waals surface area contributed by atoms with E-state index in [4.69, 9.17) is 4.74 Å². The van der Waals surface area contributed by atoms with Crippen molar-refractivity contribution in [3.05, 3.63) is 58.0 Å². The van der Waals surface area contributed by atoms with Crippen LogP contribution in [0.2, 0.25) is 0 Å². The van der Waals surface area contributed by atoms with Crippen molar-refractivity contribution in [3.63, 3.8) is 0 Å². The molecule has 152 valence electrons. The van der Waals surface area contributed by atoms with Gasteiger partial charge in [0.1, 0.15) is 12.4 Å². The summed E-state index contributed by atoms with van der Waals surface area (Å²) in [6, 6.07) is 8.25. The smallest absolute Gasteiger partial charge is 0.326 e. The number of aryl methyl sites for hydroxylation is 1. The number of imide groups is 1. The topological polar surface area (TPSA) is 68.6 Å². The number of carbonyl (C=O) groups is 3. The normalized spacial score (nSPS) is 15.7. The summed E-state index contributed by atoms with van der Waals surface area (Å²) in [6.45, 7) is 6.61. The number of nitrogens with zero attached hydrogens (tertiary/aromatic N) is 2. The van der Waals surface area contributed by atoms with Crippen molar-refractivity contribution in [3.8, 4) is 5.69 Å². The second-order valence-corrected chi connectivity index (χ2v) is 7.91. The summed E-state index contributed by atoms with van der Waals surface area (Å²) in [5.41, 5.74) is 2.63. The van der Waals surface area contributed by atoms with Crippen LogP contribution in [0.3, 0.4) is 0 Å². The van der Waals surface area contributed by atoms with Crippen molar-refractivity contribution >= 4 is 35.0 Å². The molecule has 0 unspecified atom stereocenters. The van der Waals surface area contributed by atoms with E-state index in [0.717, 1.165) is 28.0 Å². The molecule has 2 aromatic rings. The fourth-order valence-corrected chi connectivity index (χ4v) is 3.97. The second kappa shape index (κ2) is 8.24. The van der Waals surface area contributed by atoms with E-state index in [-0.39, 0.29) is 16.8 Å². The molecule has 2 heterocycles. The molecule has 1 fully saturated rings. The Kier molecular flexibility index (Phi) is 5.93. The fraction of sp³-hybridized carbons (Fsp3) is 0.286. The lowest BCUT2D eigenvalue weighted by molar-refractivity contribution is -0.149. The molecule has 1 aromatic carbocycles. The standard InChI is InChI=1S/C21H21FN2O4S/c1-12(2)28-19(25)11-23-20(26)18(29-21(23)27)10-15-9-13(3)24(14(15)4)17-8-6-5-7-16(17)22/h5-10,12H,11H2,1-4H3/b18-10+. The molecule has 29 heavy (non-hydrogen) atoms. The first-order valence-electron chi connectivity index (χ1n) is 9.07. The summed E-state index contributed by atoms with van der Waals surface area (Å²) < 4.78 is 21.0. The largest absolute Gasteiger partial charge is 0.462 e. The highest BCUT2D eigenvalue weighted by Crippen LogP contribution is 2.34. The average molecular weight is 416 g/mol. The van der Waals surface area contributed by atoms with Crippen LogP contribution in [0.15, 0.2) is 35.2 Å². The van der Waals surface area contributed by atoms with E-state index in [1.807, 2.05) is 19.9 Å². The van der Waals surface area contributed by atoms with Gasteiger partial charge in [-0.25, -0.2) is 4.39 Å². The van der Waals surface area contributed by atoms with Crippen molar-refractivity contribution < 1.29 is 23.5 Å². The van der Waals surface area contributed by atoms with Gasteiger partial charge in [-0.15, -0.1) is 0 Å². The number of benzene rings is 1. The lowest BCUT2D eigenvalue weighted by Crippen LogP contribution is -2.35. The van der Waals surface area contributed by atoms with E-state index in [1.165, 1.54) is 6.07 Å². The number of ether oxygens (including phenoxy) is 1. The van der Waals surface area contributed by atoms with Crippen molar-refractivity contribution in [2.75, 3.05) is 6.54 Å². The zero-order chi connectivity index (χ0) is 21.3. The van der Waals surface area contributed by atoms with Crippen molar-refractivity contribution in [1.29, 1.82) is 0 Å². The van der Waals surface area contributed by atoms with Crippen LogP contribution < -0.4 is 0 Å². The van der Waals surface area contributed by atoms with Crippen LogP contribution in [0, 0.1) is 19.7 Å². The first-order valence-corrected chi connectivity index (χ1v) is 9.89. The van der Waals surface area contributed by atoms with Crippen LogP contribution in [0.1, 0.15) is 30.8 Å². The molecule has 0 radical (unpaired) electrons. The van der Waals surface area contributed by atoms with Gasteiger partial charge in [0.25, 0.3) is 11.1 Å². The first-order chi connectivity index (χ1) is 13.7. The Bertz CT molecular complexity index is 1030. The maximum Gasteiger partial charge on any atom is 0.326 e. The van der Waals surface area contributed by atoms with Gasteiger partial charge in [-0.3, -0.25) is 19.3 Å². The molecular formula is C21H21FN2O4S. The summed E-state index contributed by atoms with van der Waals surface area (Å²) in [5.74, 6) is -1.54. The number of hydrogen-bond acceptors (Lipinski definition) is 5. The third-order valence-electron chi connectivity index (χ3n) is 4.38. The molecule has 1 aromatic heterocycles. The minimum absolute atomic E-state index is 0.209. The van der Waals surface area contributed by atoms with Gasteiger partial charge in [-0.05, 0) is 69.3 Å². The minimum Gasteiger partial charge on any atom is -0.462 e. The van der Waals surface area contributed by atoms with E-state index >= 15 is 0 Å². The number of hydrogen-bond donors (Lipinski definition) is 0. The molecule has 1 aliphatic rings. The molecule has 0 saturated carbocycles. The van der Waals surface area contributed by atoms with Gasteiger partial charge < -0.3 is 9.30 Å². The predicted molar refractivity (Wildman–Crippen MR) is 109 cm³/mol. The number of rotatable bonds is 5. The van der Waals surface area contributed by atoms with E-state index in [0.29, 0.717) is 11.3 Å². The van der Waals surface area contributed by atoms with Gasteiger partial charge >= 0.3 is 5.97 Å². The Morgan fingerprint density at radius 2 is 1.93 bits per heavy atom. The number of esters is 1. The molecule has 0 atom stereocenters. The average Bonchev–Trinajstić information content (AvgIpc) is 3.05. The monoisotopic (exact) mass is 416 g/mol. The van der Waals surface area contributed by atoms with Crippen LogP contribution >= 0.6 is 11.8 Å². The Balaban J connectivity index is 1.89. The van der Waals surface area contributed by atoms with Crippen molar-refractivity contribution in [2.45, 2.75) is 33.8 Å². The molecule has 6 nitrogen and oxygen atoms in total. The second-order valence-electron chi connectivity index (χ2n) is 6.92. The number of para-hydroxylation sites is 1. The molecule has 1 saturated heterocycles. The number of halogens is 1. The van der Waals surface area contributed by atoms with Crippen LogP contribution in [-0.4, -0.2) is 39.2 Å². The van der Waals surface area contributed by atoms with E-state index in [2.05, 4.69) is 0 Å². The molecule has 0 bridgehead atoms. The Labute approximate surface area is 172 Å². The number of thioether (sulfide) groups is 1. The first kappa shape index (κ1) is 20.9. The van der Waals surface area contributed by atoms with Crippen LogP contribution in [-0.2, 0) is 14.3 Å². The van der Waals surface area contributed by atoms with Crippen LogP contribution in [0.25, 0.3) is 11.8 Å². The predicted octanol–water partition coefficient (Wildman–Crippen LogP) is 4.22. The summed E-state index contributed by atoms with van der Waals surface area (Å²) in [5, 5.41) is -0.523.